The summed E-state index contributed by atoms with van der Waals surface area (Å²) < 4.78 is 38.9. The van der Waals surface area contributed by atoms with Crippen LogP contribution in [0.2, 0.25) is 0 Å². The highest BCUT2D eigenvalue weighted by Gasteiger charge is 2.16. The van der Waals surface area contributed by atoms with Crippen molar-refractivity contribution in [3.8, 4) is 6.07 Å². The number of nitrogens with one attached hydrogen (secondary N) is 1. The Labute approximate surface area is 107 Å². The zero-order valence-corrected chi connectivity index (χ0v) is 10.6. The van der Waals surface area contributed by atoms with Crippen LogP contribution >= 0.6 is 11.3 Å². The summed E-state index contributed by atoms with van der Waals surface area (Å²) in [7, 11) is -3.72. The predicted octanol–water partition coefficient (Wildman–Crippen LogP) is 2.56. The number of thiophene rings is 1. The van der Waals surface area contributed by atoms with Crippen molar-refractivity contribution < 1.29 is 12.8 Å². The second-order valence-corrected chi connectivity index (χ2v) is 6.34. The Morgan fingerprint density at radius 2 is 1.83 bits per heavy atom. The topological polar surface area (TPSA) is 70.0 Å². The van der Waals surface area contributed by atoms with Crippen LogP contribution in [0.4, 0.5) is 10.1 Å². The van der Waals surface area contributed by atoms with Gasteiger partial charge in [-0.1, -0.05) is 0 Å². The van der Waals surface area contributed by atoms with E-state index >= 15 is 0 Å². The Kier molecular flexibility index (Phi) is 3.32. The molecular weight excluding hydrogens is 275 g/mol. The second-order valence-electron chi connectivity index (χ2n) is 3.34. The standard InChI is InChI=1S/C11H7FN2O2S2/c12-8-1-3-9(4-2-8)14-18(15,16)11-6-5-10(7-13)17-11/h1-6,14H. The monoisotopic (exact) mass is 282 g/mol. The first-order valence-electron chi connectivity index (χ1n) is 4.79. The highest BCUT2D eigenvalue weighted by atomic mass is 32.2. The van der Waals surface area contributed by atoms with Crippen LogP contribution < -0.4 is 4.72 Å². The van der Waals surface area contributed by atoms with E-state index in [4.69, 9.17) is 5.26 Å². The Balaban J connectivity index is 2.27. The fourth-order valence-electron chi connectivity index (χ4n) is 1.25. The van der Waals surface area contributed by atoms with Gasteiger partial charge in [-0.15, -0.1) is 11.3 Å². The number of nitrogens with zero attached hydrogens (tertiary/aromatic N) is 1. The maximum absolute atomic E-state index is 12.7. The number of hydrogen-bond acceptors (Lipinski definition) is 4. The molecule has 0 atom stereocenters. The van der Waals surface area contributed by atoms with Crippen molar-refractivity contribution in [3.63, 3.8) is 0 Å². The third-order valence-corrected chi connectivity index (χ3v) is 4.92. The third kappa shape index (κ3) is 2.67. The summed E-state index contributed by atoms with van der Waals surface area (Å²) in [6, 6.07) is 9.63. The van der Waals surface area contributed by atoms with Gasteiger partial charge in [0.05, 0.1) is 0 Å². The lowest BCUT2D eigenvalue weighted by atomic mass is 10.3. The number of anilines is 1. The minimum absolute atomic E-state index is 0.0448. The van der Waals surface area contributed by atoms with Crippen molar-refractivity contribution in [2.45, 2.75) is 4.21 Å². The molecular formula is C11H7FN2O2S2. The van der Waals surface area contributed by atoms with Gasteiger partial charge in [0, 0.05) is 5.69 Å². The number of nitriles is 1. The van der Waals surface area contributed by atoms with E-state index < -0.39 is 15.8 Å². The highest BCUT2D eigenvalue weighted by molar-refractivity contribution is 7.94. The van der Waals surface area contributed by atoms with E-state index in [2.05, 4.69) is 4.72 Å². The molecule has 0 bridgehead atoms. The number of rotatable bonds is 3. The number of sulfonamides is 1. The molecule has 0 saturated heterocycles. The van der Waals surface area contributed by atoms with Crippen LogP contribution in [0.1, 0.15) is 4.88 Å². The average Bonchev–Trinajstić information content (AvgIpc) is 2.81. The van der Waals surface area contributed by atoms with Gasteiger partial charge in [-0.2, -0.15) is 5.26 Å². The smallest absolute Gasteiger partial charge is 0.271 e. The summed E-state index contributed by atoms with van der Waals surface area (Å²) in [5.41, 5.74) is 0.267. The summed E-state index contributed by atoms with van der Waals surface area (Å²) in [4.78, 5) is 0.314. The highest BCUT2D eigenvalue weighted by Crippen LogP contribution is 2.23. The van der Waals surface area contributed by atoms with Crippen molar-refractivity contribution in [1.82, 2.24) is 0 Å². The van der Waals surface area contributed by atoms with Gasteiger partial charge in [0.15, 0.2) is 0 Å². The van der Waals surface area contributed by atoms with Gasteiger partial charge in [0.1, 0.15) is 21.0 Å². The Morgan fingerprint density at radius 3 is 2.39 bits per heavy atom. The first-order chi connectivity index (χ1) is 8.51. The Morgan fingerprint density at radius 1 is 1.17 bits per heavy atom. The van der Waals surface area contributed by atoms with E-state index in [9.17, 15) is 12.8 Å². The number of hydrogen-bond donors (Lipinski definition) is 1. The normalized spacial score (nSPS) is 10.9. The van der Waals surface area contributed by atoms with Crippen LogP contribution in [0, 0.1) is 17.1 Å². The van der Waals surface area contributed by atoms with Crippen LogP contribution in [-0.2, 0) is 10.0 Å². The molecule has 0 aliphatic heterocycles. The van der Waals surface area contributed by atoms with Crippen molar-refractivity contribution in [2.24, 2.45) is 0 Å². The second kappa shape index (κ2) is 4.76. The summed E-state index contributed by atoms with van der Waals surface area (Å²) in [6.45, 7) is 0. The Hall–Kier alpha value is -1.91. The lowest BCUT2D eigenvalue weighted by Crippen LogP contribution is -2.11. The van der Waals surface area contributed by atoms with E-state index in [-0.39, 0.29) is 9.90 Å². The fraction of sp³-hybridized carbons (Fsp3) is 0. The zero-order valence-electron chi connectivity index (χ0n) is 8.92. The maximum atomic E-state index is 12.7. The van der Waals surface area contributed by atoms with Gasteiger partial charge in [-0.25, -0.2) is 12.8 Å². The van der Waals surface area contributed by atoms with Gasteiger partial charge in [0.25, 0.3) is 10.0 Å². The summed E-state index contributed by atoms with van der Waals surface area (Å²) in [5.74, 6) is -0.444. The van der Waals surface area contributed by atoms with E-state index in [1.54, 1.807) is 0 Å². The lowest BCUT2D eigenvalue weighted by molar-refractivity contribution is 0.603. The minimum Gasteiger partial charge on any atom is -0.279 e. The average molecular weight is 282 g/mol. The van der Waals surface area contributed by atoms with E-state index in [0.717, 1.165) is 23.5 Å². The molecule has 1 N–H and O–H groups in total. The molecule has 0 fully saturated rings. The molecule has 92 valence electrons. The molecule has 0 amide bonds. The quantitative estimate of drug-likeness (QED) is 0.940. The molecule has 0 unspecified atom stereocenters. The first-order valence-corrected chi connectivity index (χ1v) is 7.09. The van der Waals surface area contributed by atoms with Crippen molar-refractivity contribution >= 4 is 27.0 Å². The largest absolute Gasteiger partial charge is 0.279 e. The summed E-state index contributed by atoms with van der Waals surface area (Å²) in [5, 5.41) is 8.64. The predicted molar refractivity (Wildman–Crippen MR) is 66.2 cm³/mol. The van der Waals surface area contributed by atoms with Crippen LogP contribution in [0.25, 0.3) is 0 Å². The zero-order chi connectivity index (χ0) is 13.2. The first kappa shape index (κ1) is 12.5. The molecule has 0 aliphatic rings. The van der Waals surface area contributed by atoms with E-state index in [0.29, 0.717) is 4.88 Å². The molecule has 0 saturated carbocycles. The van der Waals surface area contributed by atoms with Gasteiger partial charge in [0.2, 0.25) is 0 Å². The van der Waals surface area contributed by atoms with Crippen molar-refractivity contribution in [1.29, 1.82) is 5.26 Å². The molecule has 7 heteroatoms. The molecule has 0 aliphatic carbocycles. The molecule has 0 spiro atoms. The van der Waals surface area contributed by atoms with E-state index in [1.165, 1.54) is 24.3 Å². The van der Waals surface area contributed by atoms with Gasteiger partial charge in [-0.3, -0.25) is 4.72 Å². The molecule has 1 aromatic heterocycles. The van der Waals surface area contributed by atoms with Gasteiger partial charge < -0.3 is 0 Å². The molecule has 2 rings (SSSR count). The number of benzene rings is 1. The maximum Gasteiger partial charge on any atom is 0.271 e. The van der Waals surface area contributed by atoms with Gasteiger partial charge in [-0.05, 0) is 36.4 Å². The molecule has 4 nitrogen and oxygen atoms in total. The van der Waals surface area contributed by atoms with Crippen LogP contribution in [0.5, 0.6) is 0 Å². The van der Waals surface area contributed by atoms with Gasteiger partial charge >= 0.3 is 0 Å². The Bertz CT molecular complexity index is 699. The van der Waals surface area contributed by atoms with Crippen molar-refractivity contribution in [3.05, 3.63) is 47.1 Å². The van der Waals surface area contributed by atoms with Crippen molar-refractivity contribution in [2.75, 3.05) is 4.72 Å². The SMILES string of the molecule is N#Cc1ccc(S(=O)(=O)Nc2ccc(F)cc2)s1. The minimum atomic E-state index is -3.72. The fourth-order valence-corrected chi connectivity index (χ4v) is 3.41. The molecule has 1 heterocycles. The lowest BCUT2D eigenvalue weighted by Gasteiger charge is -2.05. The number of halogens is 1. The molecule has 0 radical (unpaired) electrons. The van der Waals surface area contributed by atoms with E-state index in [1.807, 2.05) is 6.07 Å². The van der Waals surface area contributed by atoms with Crippen LogP contribution in [0.15, 0.2) is 40.6 Å². The molecule has 1 aromatic carbocycles. The summed E-state index contributed by atoms with van der Waals surface area (Å²) >= 11 is 0.877. The summed E-state index contributed by atoms with van der Waals surface area (Å²) in [6.07, 6.45) is 0. The third-order valence-electron chi connectivity index (χ3n) is 2.05. The van der Waals surface area contributed by atoms with Crippen LogP contribution in [0.3, 0.4) is 0 Å². The van der Waals surface area contributed by atoms with Crippen LogP contribution in [-0.4, -0.2) is 8.42 Å². The molecule has 2 aromatic rings. The molecule has 18 heavy (non-hydrogen) atoms.